The summed E-state index contributed by atoms with van der Waals surface area (Å²) in [5.41, 5.74) is 1.82. The third-order valence-corrected chi connectivity index (χ3v) is 4.21. The zero-order valence-electron chi connectivity index (χ0n) is 13.3. The number of nitrogens with one attached hydrogen (secondary N) is 3. The number of rotatable bonds is 3. The van der Waals surface area contributed by atoms with Gasteiger partial charge in [-0.05, 0) is 32.8 Å². The number of hydrogen-bond donors (Lipinski definition) is 3. The van der Waals surface area contributed by atoms with Crippen molar-refractivity contribution >= 4 is 22.9 Å². The first kappa shape index (κ1) is 15.4. The van der Waals surface area contributed by atoms with Gasteiger partial charge in [-0.3, -0.25) is 4.79 Å². The second-order valence-corrected chi connectivity index (χ2v) is 5.91. The molecule has 3 N–H and O–H groups in total. The molecule has 0 radical (unpaired) electrons. The molecule has 1 aromatic carbocycles. The summed E-state index contributed by atoms with van der Waals surface area (Å²) in [6.45, 7) is 4.52. The van der Waals surface area contributed by atoms with Gasteiger partial charge in [0.2, 0.25) is 5.91 Å². The number of aryl methyl sites for hydroxylation is 1. The van der Waals surface area contributed by atoms with Crippen LogP contribution in [0.2, 0.25) is 0 Å². The Balaban J connectivity index is 1.67. The summed E-state index contributed by atoms with van der Waals surface area (Å²) in [4.78, 5) is 23.8. The van der Waals surface area contributed by atoms with Crippen molar-refractivity contribution in [3.05, 3.63) is 35.6 Å². The molecule has 6 heteroatoms. The first-order valence-electron chi connectivity index (χ1n) is 7.89. The van der Waals surface area contributed by atoms with Gasteiger partial charge in [-0.15, -0.1) is 0 Å². The van der Waals surface area contributed by atoms with Crippen LogP contribution in [0.5, 0.6) is 0 Å². The van der Waals surface area contributed by atoms with Crippen molar-refractivity contribution in [3.63, 3.8) is 0 Å². The van der Waals surface area contributed by atoms with Crippen LogP contribution in [-0.4, -0.2) is 24.5 Å². The number of benzene rings is 1. The summed E-state index contributed by atoms with van der Waals surface area (Å²) in [6.07, 6.45) is 1.53. The molecule has 2 unspecified atom stereocenters. The average molecular weight is 315 g/mol. The smallest absolute Gasteiger partial charge is 0.316 e. The molecular formula is C17H21N3O3. The van der Waals surface area contributed by atoms with E-state index < -0.39 is 6.04 Å². The van der Waals surface area contributed by atoms with E-state index in [0.717, 1.165) is 28.7 Å². The van der Waals surface area contributed by atoms with Crippen LogP contribution < -0.4 is 16.0 Å². The number of piperidine rings is 1. The lowest BCUT2D eigenvalue weighted by Crippen LogP contribution is -2.53. The Hall–Kier alpha value is -2.50. The Morgan fingerprint density at radius 2 is 2.17 bits per heavy atom. The third-order valence-electron chi connectivity index (χ3n) is 4.21. The fraction of sp³-hybridized carbons (Fsp3) is 0.412. The van der Waals surface area contributed by atoms with Crippen molar-refractivity contribution in [3.8, 4) is 0 Å². The van der Waals surface area contributed by atoms with Crippen molar-refractivity contribution in [2.45, 2.75) is 38.8 Å². The van der Waals surface area contributed by atoms with Gasteiger partial charge in [-0.2, -0.15) is 0 Å². The zero-order valence-corrected chi connectivity index (χ0v) is 13.3. The number of carbonyl (C=O) groups excluding carboxylic acids is 2. The summed E-state index contributed by atoms with van der Waals surface area (Å²) < 4.78 is 5.85. The molecule has 1 saturated heterocycles. The van der Waals surface area contributed by atoms with Gasteiger partial charge in [0.1, 0.15) is 17.4 Å². The molecule has 1 fully saturated rings. The molecule has 1 aliphatic heterocycles. The van der Waals surface area contributed by atoms with Gasteiger partial charge in [0.15, 0.2) is 0 Å². The maximum absolute atomic E-state index is 12.1. The number of para-hydroxylation sites is 1. The molecule has 2 atom stereocenters. The predicted molar refractivity (Wildman–Crippen MR) is 87.1 cm³/mol. The summed E-state index contributed by atoms with van der Waals surface area (Å²) in [6, 6.07) is 6.67. The summed E-state index contributed by atoms with van der Waals surface area (Å²) in [7, 11) is 0. The van der Waals surface area contributed by atoms with Gasteiger partial charge < -0.3 is 20.4 Å². The lowest BCUT2D eigenvalue weighted by atomic mass is 10.1. The van der Waals surface area contributed by atoms with Gasteiger partial charge >= 0.3 is 6.03 Å². The van der Waals surface area contributed by atoms with Crippen LogP contribution in [0.25, 0.3) is 11.0 Å². The number of urea groups is 1. The highest BCUT2D eigenvalue weighted by molar-refractivity contribution is 5.87. The molecule has 23 heavy (non-hydrogen) atoms. The Labute approximate surface area is 134 Å². The van der Waals surface area contributed by atoms with E-state index in [1.807, 2.05) is 38.1 Å². The van der Waals surface area contributed by atoms with E-state index in [1.165, 1.54) is 0 Å². The minimum atomic E-state index is -0.465. The standard InChI is InChI=1S/C17H21N3O3/c1-10-12-6-3-4-8-14(12)23-15(10)11(2)19-17(22)20-13-7-5-9-18-16(13)21/h3-4,6,8,11,13H,5,7,9H2,1-2H3,(H,18,21)(H2,19,20,22). The SMILES string of the molecule is Cc1c(C(C)NC(=O)NC2CCCNC2=O)oc2ccccc12. The number of fused-ring (bicyclic) bond motifs is 1. The van der Waals surface area contributed by atoms with E-state index in [0.29, 0.717) is 13.0 Å². The molecule has 2 aromatic rings. The number of hydrogen-bond acceptors (Lipinski definition) is 3. The minimum Gasteiger partial charge on any atom is -0.459 e. The fourth-order valence-electron chi connectivity index (χ4n) is 2.98. The van der Waals surface area contributed by atoms with Crippen molar-refractivity contribution in [1.82, 2.24) is 16.0 Å². The quantitative estimate of drug-likeness (QED) is 0.813. The highest BCUT2D eigenvalue weighted by Gasteiger charge is 2.25. The molecule has 2 heterocycles. The predicted octanol–water partition coefficient (Wildman–Crippen LogP) is 2.38. The van der Waals surface area contributed by atoms with E-state index in [9.17, 15) is 9.59 Å². The monoisotopic (exact) mass is 315 g/mol. The van der Waals surface area contributed by atoms with Gasteiger partial charge in [0.25, 0.3) is 0 Å². The lowest BCUT2D eigenvalue weighted by molar-refractivity contribution is -0.124. The van der Waals surface area contributed by atoms with Crippen molar-refractivity contribution in [2.75, 3.05) is 6.54 Å². The Morgan fingerprint density at radius 3 is 2.91 bits per heavy atom. The van der Waals surface area contributed by atoms with E-state index in [-0.39, 0.29) is 18.0 Å². The van der Waals surface area contributed by atoms with Gasteiger partial charge in [-0.1, -0.05) is 18.2 Å². The van der Waals surface area contributed by atoms with Crippen LogP contribution in [0.3, 0.4) is 0 Å². The van der Waals surface area contributed by atoms with E-state index in [2.05, 4.69) is 16.0 Å². The fourth-order valence-corrected chi connectivity index (χ4v) is 2.98. The molecular weight excluding hydrogens is 294 g/mol. The van der Waals surface area contributed by atoms with Crippen molar-refractivity contribution in [2.24, 2.45) is 0 Å². The normalized spacial score (nSPS) is 19.2. The Morgan fingerprint density at radius 1 is 1.39 bits per heavy atom. The molecule has 3 rings (SSSR count). The topological polar surface area (TPSA) is 83.4 Å². The summed E-state index contributed by atoms with van der Waals surface area (Å²) in [5, 5.41) is 9.35. The second-order valence-electron chi connectivity index (χ2n) is 5.91. The Bertz CT molecular complexity index is 738. The first-order chi connectivity index (χ1) is 11.1. The molecule has 3 amide bonds. The van der Waals surface area contributed by atoms with Crippen LogP contribution in [0.1, 0.15) is 37.1 Å². The molecule has 0 bridgehead atoms. The maximum Gasteiger partial charge on any atom is 0.316 e. The molecule has 0 saturated carbocycles. The maximum atomic E-state index is 12.1. The number of furan rings is 1. The third kappa shape index (κ3) is 3.16. The van der Waals surface area contributed by atoms with Gasteiger partial charge in [-0.25, -0.2) is 4.79 Å². The molecule has 0 spiro atoms. The van der Waals surface area contributed by atoms with Crippen LogP contribution in [-0.2, 0) is 4.79 Å². The van der Waals surface area contributed by atoms with Crippen molar-refractivity contribution in [1.29, 1.82) is 0 Å². The molecule has 122 valence electrons. The van der Waals surface area contributed by atoms with Crippen LogP contribution in [0, 0.1) is 6.92 Å². The van der Waals surface area contributed by atoms with E-state index >= 15 is 0 Å². The Kier molecular flexibility index (Phi) is 4.23. The van der Waals surface area contributed by atoms with E-state index in [4.69, 9.17) is 4.42 Å². The summed E-state index contributed by atoms with van der Waals surface area (Å²) >= 11 is 0. The van der Waals surface area contributed by atoms with Crippen LogP contribution in [0.15, 0.2) is 28.7 Å². The summed E-state index contributed by atoms with van der Waals surface area (Å²) in [5.74, 6) is 0.605. The second kappa shape index (κ2) is 6.32. The zero-order chi connectivity index (χ0) is 16.4. The molecule has 6 nitrogen and oxygen atoms in total. The molecule has 1 aromatic heterocycles. The largest absolute Gasteiger partial charge is 0.459 e. The highest BCUT2D eigenvalue weighted by atomic mass is 16.3. The molecule has 1 aliphatic rings. The first-order valence-corrected chi connectivity index (χ1v) is 7.89. The minimum absolute atomic E-state index is 0.126. The van der Waals surface area contributed by atoms with Gasteiger partial charge in [0.05, 0.1) is 6.04 Å². The lowest BCUT2D eigenvalue weighted by Gasteiger charge is -2.23. The van der Waals surface area contributed by atoms with Crippen molar-refractivity contribution < 1.29 is 14.0 Å². The number of amides is 3. The van der Waals surface area contributed by atoms with Crippen LogP contribution >= 0.6 is 0 Å². The van der Waals surface area contributed by atoms with Crippen LogP contribution in [0.4, 0.5) is 4.79 Å². The van der Waals surface area contributed by atoms with Gasteiger partial charge in [0, 0.05) is 17.5 Å². The van der Waals surface area contributed by atoms with E-state index in [1.54, 1.807) is 0 Å². The molecule has 0 aliphatic carbocycles. The average Bonchev–Trinajstić information content (AvgIpc) is 2.87. The highest BCUT2D eigenvalue weighted by Crippen LogP contribution is 2.29. The number of carbonyl (C=O) groups is 2.